The summed E-state index contributed by atoms with van der Waals surface area (Å²) >= 11 is 0. The Labute approximate surface area is 54.2 Å². The summed E-state index contributed by atoms with van der Waals surface area (Å²) in [5.74, 6) is 5.48. The van der Waals surface area contributed by atoms with E-state index in [0.29, 0.717) is 19.8 Å². The standard InChI is InChI=1S/C5H12N2O2/c6-7-1-2-9-4-5(7)3-8/h5,8H,1-4,6H2/t5-/m1/s1. The summed E-state index contributed by atoms with van der Waals surface area (Å²) in [4.78, 5) is 0. The van der Waals surface area contributed by atoms with Crippen molar-refractivity contribution in [1.29, 1.82) is 0 Å². The molecule has 4 heteroatoms. The van der Waals surface area contributed by atoms with Crippen LogP contribution in [0.2, 0.25) is 0 Å². The van der Waals surface area contributed by atoms with Crippen LogP contribution < -0.4 is 5.84 Å². The van der Waals surface area contributed by atoms with Gasteiger partial charge in [-0.2, -0.15) is 0 Å². The van der Waals surface area contributed by atoms with Crippen molar-refractivity contribution >= 4 is 0 Å². The largest absolute Gasteiger partial charge is 0.395 e. The Balaban J connectivity index is 2.30. The first-order valence-corrected chi connectivity index (χ1v) is 3.04. The Morgan fingerprint density at radius 2 is 2.56 bits per heavy atom. The van der Waals surface area contributed by atoms with E-state index in [4.69, 9.17) is 15.7 Å². The molecule has 1 rings (SSSR count). The van der Waals surface area contributed by atoms with Gasteiger partial charge in [0.25, 0.3) is 0 Å². The Morgan fingerprint density at radius 3 is 3.00 bits per heavy atom. The fraction of sp³-hybridized carbons (Fsp3) is 1.00. The molecule has 0 bridgehead atoms. The lowest BCUT2D eigenvalue weighted by atomic mass is 10.3. The summed E-state index contributed by atoms with van der Waals surface area (Å²) in [7, 11) is 0. The molecule has 3 N–H and O–H groups in total. The van der Waals surface area contributed by atoms with Gasteiger partial charge >= 0.3 is 0 Å². The quantitative estimate of drug-likeness (QED) is 0.429. The fourth-order valence-electron chi connectivity index (χ4n) is 0.825. The van der Waals surface area contributed by atoms with Gasteiger partial charge in [-0.25, -0.2) is 5.01 Å². The molecule has 0 spiro atoms. The summed E-state index contributed by atoms with van der Waals surface area (Å²) in [6.45, 7) is 2.02. The second-order valence-electron chi connectivity index (χ2n) is 2.15. The predicted molar refractivity (Wildman–Crippen MR) is 32.6 cm³/mol. The smallest absolute Gasteiger partial charge is 0.0706 e. The highest BCUT2D eigenvalue weighted by Crippen LogP contribution is 1.99. The van der Waals surface area contributed by atoms with E-state index in [9.17, 15) is 0 Å². The highest BCUT2D eigenvalue weighted by molar-refractivity contribution is 4.68. The molecule has 0 aromatic rings. The molecule has 54 valence electrons. The number of hydrogen-bond acceptors (Lipinski definition) is 4. The number of ether oxygens (including phenoxy) is 1. The van der Waals surface area contributed by atoms with E-state index in [1.165, 1.54) is 0 Å². The lowest BCUT2D eigenvalue weighted by Gasteiger charge is -2.29. The maximum atomic E-state index is 8.66. The van der Waals surface area contributed by atoms with Gasteiger partial charge in [-0.15, -0.1) is 0 Å². The zero-order chi connectivity index (χ0) is 6.69. The molecule has 1 saturated heterocycles. The lowest BCUT2D eigenvalue weighted by molar-refractivity contribution is -0.0278. The molecule has 0 aliphatic carbocycles. The molecule has 0 saturated carbocycles. The zero-order valence-corrected chi connectivity index (χ0v) is 5.29. The Hall–Kier alpha value is -0.160. The SMILES string of the molecule is NN1CCOC[C@H]1CO. The van der Waals surface area contributed by atoms with Gasteiger partial charge in [0, 0.05) is 6.54 Å². The number of nitrogens with zero attached hydrogens (tertiary/aromatic N) is 1. The topological polar surface area (TPSA) is 58.7 Å². The maximum absolute atomic E-state index is 8.66. The van der Waals surface area contributed by atoms with Gasteiger partial charge in [0.2, 0.25) is 0 Å². The van der Waals surface area contributed by atoms with Crippen molar-refractivity contribution in [2.75, 3.05) is 26.4 Å². The molecule has 1 heterocycles. The minimum atomic E-state index is -0.00116. The molecule has 0 radical (unpaired) electrons. The van der Waals surface area contributed by atoms with Crippen molar-refractivity contribution in [3.8, 4) is 0 Å². The third-order valence-electron chi connectivity index (χ3n) is 1.48. The van der Waals surface area contributed by atoms with Gasteiger partial charge in [0.15, 0.2) is 0 Å². The van der Waals surface area contributed by atoms with Gasteiger partial charge in [-0.3, -0.25) is 5.84 Å². The minimum Gasteiger partial charge on any atom is -0.395 e. The summed E-state index contributed by atoms with van der Waals surface area (Å²) in [5, 5.41) is 10.3. The Kier molecular flexibility index (Phi) is 2.41. The van der Waals surface area contributed by atoms with Crippen LogP contribution in [-0.4, -0.2) is 42.5 Å². The number of rotatable bonds is 1. The molecule has 1 aliphatic heterocycles. The molecule has 0 amide bonds. The van der Waals surface area contributed by atoms with Crippen LogP contribution in [-0.2, 0) is 4.74 Å². The maximum Gasteiger partial charge on any atom is 0.0706 e. The molecule has 1 fully saturated rings. The third-order valence-corrected chi connectivity index (χ3v) is 1.48. The zero-order valence-electron chi connectivity index (χ0n) is 5.29. The molecule has 1 atom stereocenters. The highest BCUT2D eigenvalue weighted by atomic mass is 16.5. The van der Waals surface area contributed by atoms with Crippen LogP contribution in [0.3, 0.4) is 0 Å². The van der Waals surface area contributed by atoms with Crippen molar-refractivity contribution in [2.45, 2.75) is 6.04 Å². The first kappa shape index (κ1) is 6.95. The Bertz CT molecular complexity index is 89.0. The van der Waals surface area contributed by atoms with E-state index in [0.717, 1.165) is 0 Å². The first-order valence-electron chi connectivity index (χ1n) is 3.04. The van der Waals surface area contributed by atoms with Crippen molar-refractivity contribution < 1.29 is 9.84 Å². The van der Waals surface area contributed by atoms with Gasteiger partial charge in [0.05, 0.1) is 25.9 Å². The minimum absolute atomic E-state index is 0.00116. The molecule has 9 heavy (non-hydrogen) atoms. The number of aliphatic hydroxyl groups is 1. The summed E-state index contributed by atoms with van der Waals surface area (Å²) < 4.78 is 5.06. The van der Waals surface area contributed by atoms with Crippen LogP contribution in [0.15, 0.2) is 0 Å². The van der Waals surface area contributed by atoms with E-state index in [2.05, 4.69) is 0 Å². The van der Waals surface area contributed by atoms with E-state index < -0.39 is 0 Å². The molecule has 0 aromatic carbocycles. The summed E-state index contributed by atoms with van der Waals surface area (Å²) in [6.07, 6.45) is 0. The second-order valence-corrected chi connectivity index (χ2v) is 2.15. The number of hydrazine groups is 1. The van der Waals surface area contributed by atoms with Crippen LogP contribution in [0.4, 0.5) is 0 Å². The van der Waals surface area contributed by atoms with Crippen molar-refractivity contribution in [2.24, 2.45) is 5.84 Å². The van der Waals surface area contributed by atoms with E-state index >= 15 is 0 Å². The normalized spacial score (nSPS) is 30.7. The molecular weight excluding hydrogens is 120 g/mol. The monoisotopic (exact) mass is 132 g/mol. The Morgan fingerprint density at radius 1 is 1.78 bits per heavy atom. The molecule has 0 unspecified atom stereocenters. The van der Waals surface area contributed by atoms with Crippen molar-refractivity contribution in [1.82, 2.24) is 5.01 Å². The van der Waals surface area contributed by atoms with Gasteiger partial charge in [-0.05, 0) is 0 Å². The fourth-order valence-corrected chi connectivity index (χ4v) is 0.825. The third kappa shape index (κ3) is 1.62. The predicted octanol–water partition coefficient (Wildman–Crippen LogP) is -1.45. The van der Waals surface area contributed by atoms with E-state index in [1.807, 2.05) is 0 Å². The molecule has 0 aromatic heterocycles. The lowest BCUT2D eigenvalue weighted by Crippen LogP contribution is -2.51. The summed E-state index contributed by atoms with van der Waals surface area (Å²) in [5.41, 5.74) is 0. The number of aliphatic hydroxyl groups excluding tert-OH is 1. The van der Waals surface area contributed by atoms with Crippen molar-refractivity contribution in [3.63, 3.8) is 0 Å². The molecule has 4 nitrogen and oxygen atoms in total. The average molecular weight is 132 g/mol. The van der Waals surface area contributed by atoms with Crippen LogP contribution >= 0.6 is 0 Å². The number of hydrogen-bond donors (Lipinski definition) is 2. The second kappa shape index (κ2) is 3.12. The molecular formula is C5H12N2O2. The summed E-state index contributed by atoms with van der Waals surface area (Å²) in [6, 6.07) is -0.00116. The van der Waals surface area contributed by atoms with Crippen LogP contribution in [0, 0.1) is 0 Å². The van der Waals surface area contributed by atoms with Crippen molar-refractivity contribution in [3.05, 3.63) is 0 Å². The van der Waals surface area contributed by atoms with E-state index in [-0.39, 0.29) is 12.6 Å². The van der Waals surface area contributed by atoms with Crippen LogP contribution in [0.25, 0.3) is 0 Å². The molecule has 1 aliphatic rings. The van der Waals surface area contributed by atoms with Gasteiger partial charge < -0.3 is 9.84 Å². The van der Waals surface area contributed by atoms with Gasteiger partial charge in [-0.1, -0.05) is 0 Å². The number of nitrogens with two attached hydrogens (primary N) is 1. The van der Waals surface area contributed by atoms with Crippen LogP contribution in [0.5, 0.6) is 0 Å². The highest BCUT2D eigenvalue weighted by Gasteiger charge is 2.18. The van der Waals surface area contributed by atoms with Gasteiger partial charge in [0.1, 0.15) is 0 Å². The average Bonchev–Trinajstić information content (AvgIpc) is 1.89. The van der Waals surface area contributed by atoms with E-state index in [1.54, 1.807) is 5.01 Å². The number of morpholine rings is 1. The first-order chi connectivity index (χ1) is 4.34. The van der Waals surface area contributed by atoms with Crippen LogP contribution in [0.1, 0.15) is 0 Å².